The van der Waals surface area contributed by atoms with Gasteiger partial charge in [-0.25, -0.2) is 0 Å². The zero-order valence-electron chi connectivity index (χ0n) is 9.89. The number of para-hydroxylation sites is 1. The zero-order valence-corrected chi connectivity index (χ0v) is 11.5. The molecule has 0 fully saturated rings. The van der Waals surface area contributed by atoms with E-state index in [-0.39, 0.29) is 5.75 Å². The second-order valence-corrected chi connectivity index (χ2v) is 4.77. The molecule has 0 amide bonds. The fourth-order valence-corrected chi connectivity index (χ4v) is 2.08. The van der Waals surface area contributed by atoms with Gasteiger partial charge in [0.2, 0.25) is 11.6 Å². The van der Waals surface area contributed by atoms with E-state index in [0.717, 1.165) is 16.1 Å². The molecule has 0 aliphatic heterocycles. The highest BCUT2D eigenvalue weighted by molar-refractivity contribution is 9.10. The summed E-state index contributed by atoms with van der Waals surface area (Å²) in [6.45, 7) is 1.80. The van der Waals surface area contributed by atoms with Crippen LogP contribution in [0.2, 0.25) is 0 Å². The molecule has 0 aliphatic carbocycles. The first-order valence-electron chi connectivity index (χ1n) is 5.36. The molecule has 0 aromatic heterocycles. The van der Waals surface area contributed by atoms with Crippen molar-refractivity contribution in [1.29, 1.82) is 0 Å². The van der Waals surface area contributed by atoms with Gasteiger partial charge in [0.05, 0.1) is 4.92 Å². The second kappa shape index (κ2) is 5.36. The maximum atomic E-state index is 13.4. The van der Waals surface area contributed by atoms with Gasteiger partial charge in [-0.2, -0.15) is 4.39 Å². The van der Waals surface area contributed by atoms with Crippen molar-refractivity contribution in [3.63, 3.8) is 0 Å². The molecule has 0 bridgehead atoms. The number of nitro benzene ring substituents is 1. The Balaban J connectivity index is 2.44. The predicted molar refractivity (Wildman–Crippen MR) is 72.0 cm³/mol. The average Bonchev–Trinajstić information content (AvgIpc) is 2.32. The maximum absolute atomic E-state index is 13.4. The lowest BCUT2D eigenvalue weighted by molar-refractivity contribution is -0.388. The van der Waals surface area contributed by atoms with Gasteiger partial charge in [-0.15, -0.1) is 0 Å². The fraction of sp³-hybridized carbons (Fsp3) is 0.0769. The number of aryl methyl sites for hydroxylation is 1. The summed E-state index contributed by atoms with van der Waals surface area (Å²) >= 11 is 3.31. The van der Waals surface area contributed by atoms with E-state index in [2.05, 4.69) is 15.9 Å². The molecule has 0 radical (unpaired) electrons. The summed E-state index contributed by atoms with van der Waals surface area (Å²) in [6, 6.07) is 8.97. The van der Waals surface area contributed by atoms with Crippen LogP contribution in [0.5, 0.6) is 11.5 Å². The van der Waals surface area contributed by atoms with E-state index in [4.69, 9.17) is 4.74 Å². The lowest BCUT2D eigenvalue weighted by atomic mass is 10.2. The molecule has 0 heterocycles. The van der Waals surface area contributed by atoms with E-state index >= 15 is 0 Å². The molecule has 0 saturated heterocycles. The largest absolute Gasteiger partial charge is 0.450 e. The molecule has 2 aromatic carbocycles. The average molecular weight is 326 g/mol. The number of nitro groups is 1. The minimum Gasteiger partial charge on any atom is -0.450 e. The molecule has 19 heavy (non-hydrogen) atoms. The summed E-state index contributed by atoms with van der Waals surface area (Å²) < 4.78 is 19.7. The number of hydrogen-bond acceptors (Lipinski definition) is 3. The lowest BCUT2D eigenvalue weighted by Crippen LogP contribution is -1.97. The van der Waals surface area contributed by atoms with Crippen molar-refractivity contribution in [3.05, 3.63) is 62.4 Å². The van der Waals surface area contributed by atoms with Crippen molar-refractivity contribution in [2.45, 2.75) is 6.92 Å². The van der Waals surface area contributed by atoms with Gasteiger partial charge >= 0.3 is 5.69 Å². The Morgan fingerprint density at radius 1 is 1.26 bits per heavy atom. The van der Waals surface area contributed by atoms with Crippen LogP contribution in [0.15, 0.2) is 40.9 Å². The molecule has 0 spiro atoms. The lowest BCUT2D eigenvalue weighted by Gasteiger charge is -2.09. The van der Waals surface area contributed by atoms with Crippen LogP contribution in [0.1, 0.15) is 5.56 Å². The highest BCUT2D eigenvalue weighted by Gasteiger charge is 2.22. The number of benzene rings is 2. The van der Waals surface area contributed by atoms with Crippen molar-refractivity contribution < 1.29 is 14.1 Å². The second-order valence-electron chi connectivity index (χ2n) is 3.86. The Labute approximate surface area is 117 Å². The van der Waals surface area contributed by atoms with Crippen molar-refractivity contribution in [3.8, 4) is 11.5 Å². The number of halogens is 2. The quantitative estimate of drug-likeness (QED) is 0.612. The Bertz CT molecular complexity index is 646. The van der Waals surface area contributed by atoms with Crippen LogP contribution < -0.4 is 4.74 Å². The SMILES string of the molecule is Cc1cc(Br)ccc1Oc1cccc(F)c1[N+](=O)[O-]. The van der Waals surface area contributed by atoms with E-state index in [1.54, 1.807) is 25.1 Å². The molecular weight excluding hydrogens is 317 g/mol. The first-order valence-corrected chi connectivity index (χ1v) is 6.15. The minimum atomic E-state index is -0.919. The van der Waals surface area contributed by atoms with Crippen molar-refractivity contribution in [1.82, 2.24) is 0 Å². The maximum Gasteiger partial charge on any atom is 0.346 e. The zero-order chi connectivity index (χ0) is 14.0. The Morgan fingerprint density at radius 3 is 2.63 bits per heavy atom. The third-order valence-electron chi connectivity index (χ3n) is 2.49. The minimum absolute atomic E-state index is 0.115. The van der Waals surface area contributed by atoms with E-state index in [9.17, 15) is 14.5 Å². The highest BCUT2D eigenvalue weighted by Crippen LogP contribution is 2.35. The van der Waals surface area contributed by atoms with Gasteiger partial charge in [-0.1, -0.05) is 22.0 Å². The molecule has 0 aliphatic rings. The summed E-state index contributed by atoms with van der Waals surface area (Å²) in [6.07, 6.45) is 0. The molecule has 2 aromatic rings. The molecule has 2 rings (SSSR count). The number of nitrogens with zero attached hydrogens (tertiary/aromatic N) is 1. The molecule has 0 saturated carbocycles. The van der Waals surface area contributed by atoms with Crippen molar-refractivity contribution in [2.24, 2.45) is 0 Å². The normalized spacial score (nSPS) is 10.3. The van der Waals surface area contributed by atoms with E-state index in [1.165, 1.54) is 12.1 Å². The number of ether oxygens (including phenoxy) is 1. The van der Waals surface area contributed by atoms with Gasteiger partial charge < -0.3 is 4.74 Å². The molecular formula is C13H9BrFNO3. The van der Waals surface area contributed by atoms with E-state index in [0.29, 0.717) is 5.75 Å². The third kappa shape index (κ3) is 2.90. The Hall–Kier alpha value is -1.95. The third-order valence-corrected chi connectivity index (χ3v) is 2.98. The summed E-state index contributed by atoms with van der Waals surface area (Å²) in [5.41, 5.74) is 0.123. The molecule has 6 heteroatoms. The van der Waals surface area contributed by atoms with Crippen LogP contribution >= 0.6 is 15.9 Å². The van der Waals surface area contributed by atoms with Crippen LogP contribution in [-0.4, -0.2) is 4.92 Å². The molecule has 0 atom stereocenters. The van der Waals surface area contributed by atoms with Gasteiger partial charge in [0, 0.05) is 4.47 Å². The van der Waals surface area contributed by atoms with Crippen molar-refractivity contribution >= 4 is 21.6 Å². The van der Waals surface area contributed by atoms with Gasteiger partial charge in [0.1, 0.15) is 5.75 Å². The summed E-state index contributed by atoms with van der Waals surface area (Å²) in [7, 11) is 0. The first-order chi connectivity index (χ1) is 8.99. The van der Waals surface area contributed by atoms with Gasteiger partial charge in [0.25, 0.3) is 0 Å². The van der Waals surface area contributed by atoms with Crippen LogP contribution in [0.4, 0.5) is 10.1 Å². The van der Waals surface area contributed by atoms with Gasteiger partial charge in [0.15, 0.2) is 0 Å². The monoisotopic (exact) mass is 325 g/mol. The topological polar surface area (TPSA) is 52.4 Å². The van der Waals surface area contributed by atoms with Gasteiger partial charge in [-0.05, 0) is 42.8 Å². The van der Waals surface area contributed by atoms with Crippen LogP contribution in [0, 0.1) is 22.9 Å². The number of rotatable bonds is 3. The fourth-order valence-electron chi connectivity index (χ4n) is 1.60. The molecule has 4 nitrogen and oxygen atoms in total. The summed E-state index contributed by atoms with van der Waals surface area (Å²) in [5, 5.41) is 10.8. The first kappa shape index (κ1) is 13.5. The van der Waals surface area contributed by atoms with Gasteiger partial charge in [-0.3, -0.25) is 10.1 Å². The van der Waals surface area contributed by atoms with Crippen molar-refractivity contribution in [2.75, 3.05) is 0 Å². The van der Waals surface area contributed by atoms with E-state index < -0.39 is 16.4 Å². The Morgan fingerprint density at radius 2 is 2.00 bits per heavy atom. The van der Waals surface area contributed by atoms with Crippen LogP contribution in [0.25, 0.3) is 0 Å². The molecule has 0 unspecified atom stereocenters. The van der Waals surface area contributed by atoms with E-state index in [1.807, 2.05) is 0 Å². The molecule has 98 valence electrons. The van der Waals surface area contributed by atoms with Crippen LogP contribution in [0.3, 0.4) is 0 Å². The predicted octanol–water partition coefficient (Wildman–Crippen LogP) is 4.60. The van der Waals surface area contributed by atoms with Crippen LogP contribution in [-0.2, 0) is 0 Å². The molecule has 0 N–H and O–H groups in total. The Kier molecular flexibility index (Phi) is 3.80. The number of hydrogen-bond donors (Lipinski definition) is 0. The summed E-state index contributed by atoms with van der Waals surface area (Å²) in [4.78, 5) is 10.1. The standard InChI is InChI=1S/C13H9BrFNO3/c1-8-7-9(14)5-6-11(8)19-12-4-2-3-10(15)13(12)16(17)18/h2-7H,1H3. The smallest absolute Gasteiger partial charge is 0.346 e. The highest BCUT2D eigenvalue weighted by atomic mass is 79.9. The summed E-state index contributed by atoms with van der Waals surface area (Å²) in [5.74, 6) is -0.593.